The maximum atomic E-state index is 13.5. The fourth-order valence-electron chi connectivity index (χ4n) is 4.31. The predicted molar refractivity (Wildman–Crippen MR) is 154 cm³/mol. The van der Waals surface area contributed by atoms with Gasteiger partial charge in [-0.2, -0.15) is 5.10 Å². The van der Waals surface area contributed by atoms with Crippen LogP contribution in [0.4, 0.5) is 5.82 Å². The van der Waals surface area contributed by atoms with E-state index in [1.165, 1.54) is 0 Å². The topological polar surface area (TPSA) is 76.5 Å². The highest BCUT2D eigenvalue weighted by atomic mass is 79.9. The second-order valence-electron chi connectivity index (χ2n) is 9.42. The first-order chi connectivity index (χ1) is 18.3. The number of nitrogens with one attached hydrogen (secondary N) is 1. The van der Waals surface area contributed by atoms with Crippen LogP contribution in [0.1, 0.15) is 29.9 Å². The van der Waals surface area contributed by atoms with Crippen molar-refractivity contribution in [3.05, 3.63) is 94.6 Å². The molecule has 0 aliphatic heterocycles. The molecule has 0 bridgehead atoms. The summed E-state index contributed by atoms with van der Waals surface area (Å²) in [6.45, 7) is 6.31. The number of hydrogen-bond donors (Lipinski definition) is 1. The molecule has 0 aliphatic rings. The number of nitrogens with zero attached hydrogens (tertiary/aromatic N) is 3. The van der Waals surface area contributed by atoms with Crippen LogP contribution in [0.25, 0.3) is 16.8 Å². The summed E-state index contributed by atoms with van der Waals surface area (Å²) in [5, 5.41) is 7.84. The standard InChI is InChI=1S/C30H31BrN4O3/c1-20(2)18-34(30(37)23-11-8-12-24(31)17-23)19-27(36)32-29-28(22-9-6-5-7-10-22)21(3)33-35(29)25-13-15-26(38-4)16-14-25/h5-17,20H,18-19H2,1-4H3,(H,32,36). The Morgan fingerprint density at radius 3 is 2.37 bits per heavy atom. The molecule has 3 aromatic carbocycles. The number of aryl methyl sites for hydroxylation is 1. The maximum absolute atomic E-state index is 13.5. The number of anilines is 1. The Morgan fingerprint density at radius 1 is 1.03 bits per heavy atom. The summed E-state index contributed by atoms with van der Waals surface area (Å²) in [6.07, 6.45) is 0. The highest BCUT2D eigenvalue weighted by Crippen LogP contribution is 2.33. The van der Waals surface area contributed by atoms with Gasteiger partial charge < -0.3 is 15.0 Å². The Kier molecular flexibility index (Phi) is 8.63. The molecule has 4 aromatic rings. The van der Waals surface area contributed by atoms with Crippen molar-refractivity contribution in [3.63, 3.8) is 0 Å². The number of rotatable bonds is 9. The fraction of sp³-hybridized carbons (Fsp3) is 0.233. The van der Waals surface area contributed by atoms with E-state index in [4.69, 9.17) is 9.84 Å². The third-order valence-corrected chi connectivity index (χ3v) is 6.47. The van der Waals surface area contributed by atoms with E-state index in [9.17, 15) is 9.59 Å². The maximum Gasteiger partial charge on any atom is 0.254 e. The molecule has 196 valence electrons. The number of carbonyl (C=O) groups is 2. The average molecular weight is 576 g/mol. The lowest BCUT2D eigenvalue weighted by atomic mass is 10.1. The molecule has 1 aromatic heterocycles. The lowest BCUT2D eigenvalue weighted by Crippen LogP contribution is -2.40. The van der Waals surface area contributed by atoms with Gasteiger partial charge in [-0.1, -0.05) is 66.2 Å². The van der Waals surface area contributed by atoms with Crippen molar-refractivity contribution in [1.29, 1.82) is 0 Å². The molecule has 0 radical (unpaired) electrons. The Balaban J connectivity index is 1.69. The van der Waals surface area contributed by atoms with E-state index < -0.39 is 0 Å². The van der Waals surface area contributed by atoms with Crippen LogP contribution in [0.5, 0.6) is 5.75 Å². The molecule has 8 heteroatoms. The van der Waals surface area contributed by atoms with Gasteiger partial charge in [0.1, 0.15) is 18.1 Å². The summed E-state index contributed by atoms with van der Waals surface area (Å²) in [4.78, 5) is 28.5. The first-order valence-electron chi connectivity index (χ1n) is 12.4. The number of methoxy groups -OCH3 is 1. The zero-order valence-electron chi connectivity index (χ0n) is 21.9. The molecular weight excluding hydrogens is 544 g/mol. The van der Waals surface area contributed by atoms with E-state index in [1.807, 2.05) is 87.5 Å². The number of halogens is 1. The lowest BCUT2D eigenvalue weighted by Gasteiger charge is -2.24. The monoisotopic (exact) mass is 574 g/mol. The number of benzene rings is 3. The number of ether oxygens (including phenoxy) is 1. The summed E-state index contributed by atoms with van der Waals surface area (Å²) >= 11 is 3.43. The van der Waals surface area contributed by atoms with Crippen molar-refractivity contribution in [2.45, 2.75) is 20.8 Å². The van der Waals surface area contributed by atoms with E-state index >= 15 is 0 Å². The van der Waals surface area contributed by atoms with Crippen molar-refractivity contribution >= 4 is 33.6 Å². The highest BCUT2D eigenvalue weighted by molar-refractivity contribution is 9.10. The molecule has 4 rings (SSSR count). The van der Waals surface area contributed by atoms with Crippen molar-refractivity contribution in [2.75, 3.05) is 25.5 Å². The molecule has 0 saturated heterocycles. The molecule has 38 heavy (non-hydrogen) atoms. The molecule has 2 amide bonds. The molecule has 7 nitrogen and oxygen atoms in total. The van der Waals surface area contributed by atoms with Crippen molar-refractivity contribution in [1.82, 2.24) is 14.7 Å². The SMILES string of the molecule is COc1ccc(-n2nc(C)c(-c3ccccc3)c2NC(=O)CN(CC(C)C)C(=O)c2cccc(Br)c2)cc1. The number of carbonyl (C=O) groups excluding carboxylic acids is 2. The summed E-state index contributed by atoms with van der Waals surface area (Å²) in [7, 11) is 1.62. The quantitative estimate of drug-likeness (QED) is 0.252. The van der Waals surface area contributed by atoms with Gasteiger partial charge in [0, 0.05) is 22.1 Å². The third-order valence-electron chi connectivity index (χ3n) is 5.98. The largest absolute Gasteiger partial charge is 0.497 e. The van der Waals surface area contributed by atoms with Gasteiger partial charge in [0.05, 0.1) is 18.5 Å². The van der Waals surface area contributed by atoms with Crippen LogP contribution in [0, 0.1) is 12.8 Å². The zero-order chi connectivity index (χ0) is 27.2. The summed E-state index contributed by atoms with van der Waals surface area (Å²) < 4.78 is 7.83. The van der Waals surface area contributed by atoms with E-state index in [0.717, 1.165) is 32.7 Å². The molecule has 1 heterocycles. The average Bonchev–Trinajstić information content (AvgIpc) is 3.23. The molecule has 0 aliphatic carbocycles. The Morgan fingerprint density at radius 2 is 1.74 bits per heavy atom. The predicted octanol–water partition coefficient (Wildman–Crippen LogP) is 6.36. The van der Waals surface area contributed by atoms with E-state index in [2.05, 4.69) is 21.2 Å². The normalized spacial score (nSPS) is 10.9. The second-order valence-corrected chi connectivity index (χ2v) is 10.3. The Hall–Kier alpha value is -3.91. The smallest absolute Gasteiger partial charge is 0.254 e. The van der Waals surface area contributed by atoms with Gasteiger partial charge in [-0.25, -0.2) is 4.68 Å². The summed E-state index contributed by atoms with van der Waals surface area (Å²) in [5.74, 6) is 0.954. The third kappa shape index (κ3) is 6.31. The number of aromatic nitrogens is 2. The molecule has 0 unspecified atom stereocenters. The van der Waals surface area contributed by atoms with Crippen LogP contribution in [0.15, 0.2) is 83.3 Å². The minimum atomic E-state index is -0.305. The van der Waals surface area contributed by atoms with Crippen molar-refractivity contribution in [2.24, 2.45) is 5.92 Å². The molecule has 0 spiro atoms. The molecule has 0 saturated carbocycles. The number of amides is 2. The van der Waals surface area contributed by atoms with Gasteiger partial charge in [0.15, 0.2) is 0 Å². The Labute approximate surface area is 231 Å². The van der Waals surface area contributed by atoms with Crippen LogP contribution >= 0.6 is 15.9 Å². The first kappa shape index (κ1) is 27.1. The molecule has 0 atom stereocenters. The van der Waals surface area contributed by atoms with Crippen molar-refractivity contribution < 1.29 is 14.3 Å². The van der Waals surface area contributed by atoms with Crippen LogP contribution < -0.4 is 10.1 Å². The van der Waals surface area contributed by atoms with Gasteiger partial charge in [0.25, 0.3) is 5.91 Å². The minimum Gasteiger partial charge on any atom is -0.497 e. The van der Waals surface area contributed by atoms with Crippen LogP contribution in [-0.2, 0) is 4.79 Å². The van der Waals surface area contributed by atoms with Crippen molar-refractivity contribution in [3.8, 4) is 22.6 Å². The molecule has 1 N–H and O–H groups in total. The van der Waals surface area contributed by atoms with Crippen LogP contribution in [-0.4, -0.2) is 46.7 Å². The second kappa shape index (κ2) is 12.1. The fourth-order valence-corrected chi connectivity index (χ4v) is 4.71. The Bertz CT molecular complexity index is 1420. The van der Waals surface area contributed by atoms with Crippen LogP contribution in [0.2, 0.25) is 0 Å². The molecular formula is C30H31BrN4O3. The van der Waals surface area contributed by atoms with E-state index in [-0.39, 0.29) is 24.3 Å². The van der Waals surface area contributed by atoms with Gasteiger partial charge in [0.2, 0.25) is 5.91 Å². The lowest BCUT2D eigenvalue weighted by molar-refractivity contribution is -0.117. The van der Waals surface area contributed by atoms with Gasteiger partial charge in [-0.3, -0.25) is 9.59 Å². The van der Waals surface area contributed by atoms with Gasteiger partial charge >= 0.3 is 0 Å². The summed E-state index contributed by atoms with van der Waals surface area (Å²) in [5.41, 5.74) is 3.83. The minimum absolute atomic E-state index is 0.0927. The van der Waals surface area contributed by atoms with E-state index in [0.29, 0.717) is 17.9 Å². The molecule has 0 fully saturated rings. The first-order valence-corrected chi connectivity index (χ1v) is 13.2. The summed E-state index contributed by atoms with van der Waals surface area (Å²) in [6, 6.07) is 24.5. The zero-order valence-corrected chi connectivity index (χ0v) is 23.5. The number of hydrogen-bond acceptors (Lipinski definition) is 4. The highest BCUT2D eigenvalue weighted by Gasteiger charge is 2.24. The van der Waals surface area contributed by atoms with Gasteiger partial charge in [-0.05, 0) is 60.9 Å². The van der Waals surface area contributed by atoms with Gasteiger partial charge in [-0.15, -0.1) is 0 Å². The van der Waals surface area contributed by atoms with Crippen LogP contribution in [0.3, 0.4) is 0 Å². The van der Waals surface area contributed by atoms with E-state index in [1.54, 1.807) is 28.8 Å².